The van der Waals surface area contributed by atoms with Gasteiger partial charge in [0.05, 0.1) is 11.1 Å². The number of nitrogens with one attached hydrogen (secondary N) is 1. The van der Waals surface area contributed by atoms with Crippen LogP contribution in [0.1, 0.15) is 29.9 Å². The fourth-order valence-corrected chi connectivity index (χ4v) is 1.23. The molecule has 0 aromatic carbocycles. The van der Waals surface area contributed by atoms with Gasteiger partial charge < -0.3 is 16.3 Å². The number of aromatic nitrogens is 1. The second-order valence-electron chi connectivity index (χ2n) is 4.49. The van der Waals surface area contributed by atoms with Crippen LogP contribution < -0.4 is 11.1 Å². The van der Waals surface area contributed by atoms with Crippen LogP contribution in [0.2, 0.25) is 0 Å². The molecule has 4 N–H and O–H groups in total. The molecule has 1 heterocycles. The van der Waals surface area contributed by atoms with E-state index < -0.39 is 23.2 Å². The molecule has 0 radical (unpaired) electrons. The van der Waals surface area contributed by atoms with Crippen molar-refractivity contribution in [1.82, 2.24) is 10.3 Å². The van der Waals surface area contributed by atoms with E-state index in [9.17, 15) is 18.0 Å². The van der Waals surface area contributed by atoms with Gasteiger partial charge in [0.2, 0.25) is 0 Å². The summed E-state index contributed by atoms with van der Waals surface area (Å²) in [6.45, 7) is 2.92. The van der Waals surface area contributed by atoms with Crippen LogP contribution in [0, 0.1) is 0 Å². The molecule has 0 bridgehead atoms. The first-order valence-electron chi connectivity index (χ1n) is 5.41. The van der Waals surface area contributed by atoms with E-state index in [0.29, 0.717) is 6.20 Å². The van der Waals surface area contributed by atoms with Gasteiger partial charge in [-0.15, -0.1) is 0 Å². The number of hydrogen-bond acceptors (Lipinski definition) is 4. The summed E-state index contributed by atoms with van der Waals surface area (Å²) in [4.78, 5) is 15.2. The fraction of sp³-hybridized carbons (Fsp3) is 0.364. The summed E-state index contributed by atoms with van der Waals surface area (Å²) in [6, 6.07) is 1.69. The van der Waals surface area contributed by atoms with Crippen molar-refractivity contribution in [2.24, 2.45) is 10.9 Å². The van der Waals surface area contributed by atoms with Crippen molar-refractivity contribution in [2.75, 3.05) is 0 Å². The lowest BCUT2D eigenvalue weighted by molar-refractivity contribution is -0.137. The van der Waals surface area contributed by atoms with E-state index in [1.807, 2.05) is 0 Å². The van der Waals surface area contributed by atoms with Crippen LogP contribution in [0.3, 0.4) is 0 Å². The van der Waals surface area contributed by atoms with Crippen molar-refractivity contribution in [3.8, 4) is 0 Å². The monoisotopic (exact) mass is 290 g/mol. The number of carbonyl (C=O) groups excluding carboxylic acids is 1. The molecule has 0 aliphatic carbocycles. The Morgan fingerprint density at radius 1 is 1.40 bits per heavy atom. The van der Waals surface area contributed by atoms with Crippen LogP contribution in [-0.4, -0.2) is 27.5 Å². The van der Waals surface area contributed by atoms with E-state index in [2.05, 4.69) is 15.5 Å². The van der Waals surface area contributed by atoms with Gasteiger partial charge in [-0.05, 0) is 26.0 Å². The quantitative estimate of drug-likeness (QED) is 0.338. The van der Waals surface area contributed by atoms with Crippen molar-refractivity contribution in [3.05, 3.63) is 29.6 Å². The number of pyridine rings is 1. The number of nitrogens with zero attached hydrogens (tertiary/aromatic N) is 2. The molecule has 1 rings (SSSR count). The molecule has 20 heavy (non-hydrogen) atoms. The highest BCUT2D eigenvalue weighted by Crippen LogP contribution is 2.28. The highest BCUT2D eigenvalue weighted by Gasteiger charge is 2.31. The summed E-state index contributed by atoms with van der Waals surface area (Å²) < 4.78 is 37.0. The molecule has 0 aliphatic rings. The molecular weight excluding hydrogens is 277 g/mol. The number of rotatable bonds is 3. The van der Waals surface area contributed by atoms with Gasteiger partial charge in [0, 0.05) is 6.20 Å². The maximum absolute atomic E-state index is 12.3. The second kappa shape index (κ2) is 5.35. The largest absolute Gasteiger partial charge is 0.417 e. The molecule has 110 valence electrons. The molecule has 0 unspecified atom stereocenters. The number of halogens is 3. The molecule has 0 saturated carbocycles. The van der Waals surface area contributed by atoms with E-state index >= 15 is 0 Å². The molecule has 0 saturated heterocycles. The summed E-state index contributed by atoms with van der Waals surface area (Å²) in [5, 5.41) is 13.7. The van der Waals surface area contributed by atoms with Gasteiger partial charge in [0.25, 0.3) is 5.91 Å². The Morgan fingerprint density at radius 2 is 2.00 bits per heavy atom. The molecule has 0 aliphatic heterocycles. The summed E-state index contributed by atoms with van der Waals surface area (Å²) in [7, 11) is 0. The molecule has 0 fully saturated rings. The number of amides is 1. The van der Waals surface area contributed by atoms with Crippen LogP contribution in [0.5, 0.6) is 0 Å². The van der Waals surface area contributed by atoms with Crippen molar-refractivity contribution in [1.29, 1.82) is 0 Å². The van der Waals surface area contributed by atoms with Crippen molar-refractivity contribution in [2.45, 2.75) is 25.6 Å². The fourth-order valence-electron chi connectivity index (χ4n) is 1.23. The zero-order valence-electron chi connectivity index (χ0n) is 10.7. The van der Waals surface area contributed by atoms with Crippen molar-refractivity contribution in [3.63, 3.8) is 0 Å². The Balaban J connectivity index is 2.89. The number of oxime groups is 1. The van der Waals surface area contributed by atoms with Gasteiger partial charge in [-0.2, -0.15) is 13.2 Å². The third kappa shape index (κ3) is 3.59. The normalized spacial score (nSPS) is 13.2. The predicted molar refractivity (Wildman–Crippen MR) is 64.2 cm³/mol. The zero-order chi connectivity index (χ0) is 15.6. The third-order valence-corrected chi connectivity index (χ3v) is 2.50. The maximum Gasteiger partial charge on any atom is 0.417 e. The first-order chi connectivity index (χ1) is 9.08. The first-order valence-corrected chi connectivity index (χ1v) is 5.41. The van der Waals surface area contributed by atoms with Gasteiger partial charge >= 0.3 is 6.18 Å². The van der Waals surface area contributed by atoms with Crippen LogP contribution in [0.25, 0.3) is 0 Å². The Kier molecular flexibility index (Phi) is 4.21. The van der Waals surface area contributed by atoms with E-state index in [1.54, 1.807) is 0 Å². The summed E-state index contributed by atoms with van der Waals surface area (Å²) in [6.07, 6.45) is -3.96. The van der Waals surface area contributed by atoms with E-state index in [1.165, 1.54) is 13.8 Å². The first kappa shape index (κ1) is 15.7. The minimum absolute atomic E-state index is 0.211. The molecule has 1 amide bonds. The number of hydrogen-bond donors (Lipinski definition) is 3. The molecule has 0 spiro atoms. The van der Waals surface area contributed by atoms with Crippen molar-refractivity contribution >= 4 is 11.7 Å². The lowest BCUT2D eigenvalue weighted by Gasteiger charge is -2.24. The topological polar surface area (TPSA) is 101 Å². The lowest BCUT2D eigenvalue weighted by Crippen LogP contribution is -2.53. The lowest BCUT2D eigenvalue weighted by atomic mass is 10.0. The van der Waals surface area contributed by atoms with Gasteiger partial charge in [-0.3, -0.25) is 9.78 Å². The molecule has 0 atom stereocenters. The summed E-state index contributed by atoms with van der Waals surface area (Å²) in [5.41, 5.74) is 3.04. The van der Waals surface area contributed by atoms with E-state index in [-0.39, 0.29) is 11.5 Å². The van der Waals surface area contributed by atoms with Crippen LogP contribution in [-0.2, 0) is 6.18 Å². The van der Waals surface area contributed by atoms with Crippen LogP contribution in [0.4, 0.5) is 13.2 Å². The van der Waals surface area contributed by atoms with Crippen LogP contribution in [0.15, 0.2) is 23.5 Å². The van der Waals surface area contributed by atoms with Gasteiger partial charge in [0.15, 0.2) is 5.84 Å². The predicted octanol–water partition coefficient (Wildman–Crippen LogP) is 1.36. The number of nitrogens with two attached hydrogens (primary N) is 1. The van der Waals surface area contributed by atoms with Gasteiger partial charge in [0.1, 0.15) is 5.69 Å². The van der Waals surface area contributed by atoms with E-state index in [0.717, 1.165) is 12.1 Å². The minimum atomic E-state index is -4.52. The smallest absolute Gasteiger partial charge is 0.409 e. The molecule has 1 aromatic heterocycles. The highest BCUT2D eigenvalue weighted by molar-refractivity contribution is 5.98. The number of amidine groups is 1. The highest BCUT2D eigenvalue weighted by atomic mass is 19.4. The van der Waals surface area contributed by atoms with Gasteiger partial charge in [-0.25, -0.2) is 0 Å². The maximum atomic E-state index is 12.3. The SMILES string of the molecule is CC(C)(NC(=O)c1ccc(C(F)(F)F)cn1)/C(N)=N/O. The van der Waals surface area contributed by atoms with Crippen molar-refractivity contribution < 1.29 is 23.2 Å². The number of alkyl halides is 3. The molecule has 1 aromatic rings. The molecule has 6 nitrogen and oxygen atoms in total. The number of carbonyl (C=O) groups is 1. The summed E-state index contributed by atoms with van der Waals surface area (Å²) >= 11 is 0. The average Bonchev–Trinajstić information content (AvgIpc) is 2.36. The Morgan fingerprint density at radius 3 is 2.40 bits per heavy atom. The zero-order valence-corrected chi connectivity index (χ0v) is 10.7. The summed E-state index contributed by atoms with van der Waals surface area (Å²) in [5.74, 6) is -0.993. The minimum Gasteiger partial charge on any atom is -0.409 e. The Bertz CT molecular complexity index is 523. The standard InChI is InChI=1S/C11H13F3N4O2/c1-10(2,9(15)18-20)17-8(19)7-4-3-6(5-16-7)11(12,13)14/h3-5,20H,1-2H3,(H2,15,18)(H,17,19). The average molecular weight is 290 g/mol. The molecular formula is C11H13F3N4O2. The van der Waals surface area contributed by atoms with Gasteiger partial charge in [-0.1, -0.05) is 5.16 Å². The third-order valence-electron chi connectivity index (χ3n) is 2.50. The Hall–Kier alpha value is -2.32. The van der Waals surface area contributed by atoms with E-state index in [4.69, 9.17) is 10.9 Å². The molecule has 9 heteroatoms. The van der Waals surface area contributed by atoms with Crippen LogP contribution >= 0.6 is 0 Å². The second-order valence-corrected chi connectivity index (χ2v) is 4.49. The Labute approximate surface area is 112 Å².